The minimum absolute atomic E-state index is 0.276. The molecule has 1 saturated heterocycles. The van der Waals surface area contributed by atoms with Crippen molar-refractivity contribution < 1.29 is 24.2 Å². The molecule has 2 N–H and O–H groups in total. The van der Waals surface area contributed by atoms with Crippen molar-refractivity contribution in [3.8, 4) is 11.5 Å². The van der Waals surface area contributed by atoms with Gasteiger partial charge < -0.3 is 19.9 Å². The van der Waals surface area contributed by atoms with Gasteiger partial charge in [-0.25, -0.2) is 4.79 Å². The zero-order valence-corrected chi connectivity index (χ0v) is 14.5. The van der Waals surface area contributed by atoms with Gasteiger partial charge in [0.1, 0.15) is 17.6 Å². The molecule has 2 aromatic rings. The van der Waals surface area contributed by atoms with Crippen LogP contribution in [0.5, 0.6) is 11.5 Å². The van der Waals surface area contributed by atoms with Crippen molar-refractivity contribution in [1.29, 1.82) is 0 Å². The Morgan fingerprint density at radius 2 is 1.81 bits per heavy atom. The quantitative estimate of drug-likeness (QED) is 0.832. The molecule has 0 unspecified atom stereocenters. The summed E-state index contributed by atoms with van der Waals surface area (Å²) < 4.78 is 11.2. The van der Waals surface area contributed by atoms with Gasteiger partial charge in [0.2, 0.25) is 5.91 Å². The topological polar surface area (TPSA) is 84.9 Å². The second kappa shape index (κ2) is 8.01. The number of carboxylic acids is 1. The van der Waals surface area contributed by atoms with Gasteiger partial charge >= 0.3 is 5.97 Å². The number of benzene rings is 2. The highest BCUT2D eigenvalue weighted by atomic mass is 16.5. The Morgan fingerprint density at radius 1 is 1.12 bits per heavy atom. The molecule has 0 bridgehead atoms. The Hall–Kier alpha value is -2.86. The predicted molar refractivity (Wildman–Crippen MR) is 95.1 cm³/mol. The highest BCUT2D eigenvalue weighted by Crippen LogP contribution is 2.26. The number of carboxylic acid groups (broad SMARTS) is 1. The highest BCUT2D eigenvalue weighted by Gasteiger charge is 2.34. The van der Waals surface area contributed by atoms with E-state index >= 15 is 0 Å². The Labute approximate surface area is 151 Å². The standard InChI is InChI=1S/C20H21NO5/c1-13-6-8-15(9-7-13)25-16-5-3-2-4-14(16)12-21-19(22)17-10-11-18(26-17)20(23)24/h2-9,17-18H,10-12H2,1H3,(H,21,22)(H,23,24)/t17-,18+/m0/s1. The number of hydrogen-bond acceptors (Lipinski definition) is 4. The van der Waals surface area contributed by atoms with Crippen LogP contribution >= 0.6 is 0 Å². The number of para-hydroxylation sites is 1. The van der Waals surface area contributed by atoms with Crippen LogP contribution in [-0.4, -0.2) is 29.2 Å². The van der Waals surface area contributed by atoms with E-state index in [2.05, 4.69) is 5.32 Å². The van der Waals surface area contributed by atoms with Gasteiger partial charge in [0.05, 0.1) is 0 Å². The molecule has 0 saturated carbocycles. The Bertz CT molecular complexity index is 787. The van der Waals surface area contributed by atoms with E-state index in [4.69, 9.17) is 14.6 Å². The predicted octanol–water partition coefficient (Wildman–Crippen LogP) is 3.04. The summed E-state index contributed by atoms with van der Waals surface area (Å²) in [5.41, 5.74) is 1.98. The average molecular weight is 355 g/mol. The molecular weight excluding hydrogens is 334 g/mol. The SMILES string of the molecule is Cc1ccc(Oc2ccccc2CNC(=O)[C@@H]2CC[C@H](C(=O)O)O2)cc1. The van der Waals surface area contributed by atoms with Gasteiger partial charge in [-0.1, -0.05) is 35.9 Å². The molecule has 1 amide bonds. The van der Waals surface area contributed by atoms with Crippen LogP contribution in [0, 0.1) is 6.92 Å². The summed E-state index contributed by atoms with van der Waals surface area (Å²) in [4.78, 5) is 23.1. The van der Waals surface area contributed by atoms with E-state index in [0.29, 0.717) is 18.6 Å². The first-order chi connectivity index (χ1) is 12.5. The van der Waals surface area contributed by atoms with Crippen molar-refractivity contribution in [2.75, 3.05) is 0 Å². The van der Waals surface area contributed by atoms with E-state index in [0.717, 1.165) is 16.9 Å². The number of carbonyl (C=O) groups excluding carboxylic acids is 1. The fraction of sp³-hybridized carbons (Fsp3) is 0.300. The van der Waals surface area contributed by atoms with Crippen LogP contribution < -0.4 is 10.1 Å². The molecule has 0 aliphatic carbocycles. The van der Waals surface area contributed by atoms with Gasteiger partial charge in [-0.2, -0.15) is 0 Å². The molecule has 2 aromatic carbocycles. The van der Waals surface area contributed by atoms with Crippen LogP contribution in [0.4, 0.5) is 0 Å². The van der Waals surface area contributed by atoms with Crippen molar-refractivity contribution in [1.82, 2.24) is 5.32 Å². The smallest absolute Gasteiger partial charge is 0.332 e. The van der Waals surface area contributed by atoms with E-state index in [9.17, 15) is 9.59 Å². The zero-order chi connectivity index (χ0) is 18.5. The van der Waals surface area contributed by atoms with E-state index in [1.165, 1.54) is 0 Å². The van der Waals surface area contributed by atoms with Crippen LogP contribution in [-0.2, 0) is 20.9 Å². The molecule has 6 nitrogen and oxygen atoms in total. The van der Waals surface area contributed by atoms with Crippen LogP contribution in [0.15, 0.2) is 48.5 Å². The first kappa shape index (κ1) is 17.9. The molecule has 136 valence electrons. The van der Waals surface area contributed by atoms with Crippen LogP contribution in [0.25, 0.3) is 0 Å². The van der Waals surface area contributed by atoms with Gasteiger partial charge in [0, 0.05) is 12.1 Å². The monoisotopic (exact) mass is 355 g/mol. The number of ether oxygens (including phenoxy) is 2. The lowest BCUT2D eigenvalue weighted by atomic mass is 10.1. The van der Waals surface area contributed by atoms with Gasteiger partial charge in [-0.05, 0) is 38.0 Å². The molecule has 1 heterocycles. The minimum Gasteiger partial charge on any atom is -0.479 e. The van der Waals surface area contributed by atoms with Crippen molar-refractivity contribution >= 4 is 11.9 Å². The lowest BCUT2D eigenvalue weighted by molar-refractivity contribution is -0.151. The number of carbonyl (C=O) groups is 2. The summed E-state index contributed by atoms with van der Waals surface area (Å²) in [6.07, 6.45) is -0.866. The number of nitrogens with one attached hydrogen (secondary N) is 1. The van der Waals surface area contributed by atoms with Crippen LogP contribution in [0.1, 0.15) is 24.0 Å². The molecule has 1 aliphatic rings. The van der Waals surface area contributed by atoms with Gasteiger partial charge in [-0.3, -0.25) is 4.79 Å². The van der Waals surface area contributed by atoms with Gasteiger partial charge in [-0.15, -0.1) is 0 Å². The number of rotatable bonds is 6. The van der Waals surface area contributed by atoms with E-state index in [1.54, 1.807) is 0 Å². The second-order valence-corrected chi connectivity index (χ2v) is 6.27. The van der Waals surface area contributed by atoms with Gasteiger partial charge in [0.15, 0.2) is 6.10 Å². The van der Waals surface area contributed by atoms with Crippen molar-refractivity contribution in [3.63, 3.8) is 0 Å². The third kappa shape index (κ3) is 4.40. The summed E-state index contributed by atoms with van der Waals surface area (Å²) in [7, 11) is 0. The van der Waals surface area contributed by atoms with Crippen molar-refractivity contribution in [2.45, 2.75) is 38.5 Å². The molecule has 3 rings (SSSR count). The zero-order valence-electron chi connectivity index (χ0n) is 14.5. The molecule has 2 atom stereocenters. The van der Waals surface area contributed by atoms with Gasteiger partial charge in [0.25, 0.3) is 0 Å². The van der Waals surface area contributed by atoms with Crippen molar-refractivity contribution in [2.24, 2.45) is 0 Å². The summed E-state index contributed by atoms with van der Waals surface area (Å²) in [6.45, 7) is 2.28. The summed E-state index contributed by atoms with van der Waals surface area (Å²) in [5.74, 6) is 0.0428. The maximum absolute atomic E-state index is 12.2. The molecule has 26 heavy (non-hydrogen) atoms. The van der Waals surface area contributed by atoms with E-state index < -0.39 is 18.2 Å². The summed E-state index contributed by atoms with van der Waals surface area (Å²) in [6, 6.07) is 15.2. The Kier molecular flexibility index (Phi) is 5.53. The molecule has 0 radical (unpaired) electrons. The average Bonchev–Trinajstić information content (AvgIpc) is 3.13. The maximum Gasteiger partial charge on any atom is 0.332 e. The van der Waals surface area contributed by atoms with Crippen LogP contribution in [0.3, 0.4) is 0 Å². The van der Waals surface area contributed by atoms with Crippen molar-refractivity contribution in [3.05, 3.63) is 59.7 Å². The maximum atomic E-state index is 12.2. The highest BCUT2D eigenvalue weighted by molar-refractivity contribution is 5.82. The Morgan fingerprint density at radius 3 is 2.50 bits per heavy atom. The fourth-order valence-electron chi connectivity index (χ4n) is 2.79. The number of aliphatic carboxylic acids is 1. The molecule has 0 aromatic heterocycles. The van der Waals surface area contributed by atoms with Crippen LogP contribution in [0.2, 0.25) is 0 Å². The lowest BCUT2D eigenvalue weighted by Gasteiger charge is -2.14. The fourth-order valence-corrected chi connectivity index (χ4v) is 2.79. The number of amides is 1. The summed E-state index contributed by atoms with van der Waals surface area (Å²) in [5, 5.41) is 11.7. The first-order valence-electron chi connectivity index (χ1n) is 8.51. The van der Waals surface area contributed by atoms with E-state index in [-0.39, 0.29) is 12.5 Å². The third-order valence-electron chi connectivity index (χ3n) is 4.26. The molecule has 6 heteroatoms. The number of hydrogen-bond donors (Lipinski definition) is 2. The minimum atomic E-state index is -1.03. The normalized spacial score (nSPS) is 19.1. The van der Waals surface area contributed by atoms with E-state index in [1.807, 2.05) is 55.5 Å². The third-order valence-corrected chi connectivity index (χ3v) is 4.26. The lowest BCUT2D eigenvalue weighted by Crippen LogP contribution is -2.35. The number of aryl methyl sites for hydroxylation is 1. The second-order valence-electron chi connectivity index (χ2n) is 6.27. The molecule has 1 aliphatic heterocycles. The molecular formula is C20H21NO5. The first-order valence-corrected chi connectivity index (χ1v) is 8.51. The largest absolute Gasteiger partial charge is 0.479 e. The molecule has 1 fully saturated rings. The molecule has 0 spiro atoms. The Balaban J connectivity index is 1.61. The summed E-state index contributed by atoms with van der Waals surface area (Å²) >= 11 is 0.